The van der Waals surface area contributed by atoms with Gasteiger partial charge in [-0.3, -0.25) is 0 Å². The molecule has 21 heavy (non-hydrogen) atoms. The van der Waals surface area contributed by atoms with Crippen molar-refractivity contribution in [1.82, 2.24) is 20.1 Å². The Hall–Kier alpha value is -1.96. The van der Waals surface area contributed by atoms with Crippen LogP contribution in [0.15, 0.2) is 24.5 Å². The largest absolute Gasteiger partial charge is 0.416 e. The SMILES string of the molecule is Cn1cnnc1CCNCc1ccc(F)cc1C(F)(F)F. The van der Waals surface area contributed by atoms with Crippen LogP contribution >= 0.6 is 0 Å². The van der Waals surface area contributed by atoms with Crippen LogP contribution in [0.5, 0.6) is 0 Å². The van der Waals surface area contributed by atoms with Crippen LogP contribution < -0.4 is 5.32 Å². The number of hydrogen-bond donors (Lipinski definition) is 1. The summed E-state index contributed by atoms with van der Waals surface area (Å²) in [6, 6.07) is 2.68. The molecule has 1 N–H and O–H groups in total. The normalized spacial score (nSPS) is 11.9. The first-order valence-corrected chi connectivity index (χ1v) is 6.27. The van der Waals surface area contributed by atoms with Crippen LogP contribution in [0, 0.1) is 5.82 Å². The van der Waals surface area contributed by atoms with E-state index in [2.05, 4.69) is 15.5 Å². The van der Waals surface area contributed by atoms with E-state index < -0.39 is 17.6 Å². The zero-order valence-electron chi connectivity index (χ0n) is 11.3. The standard InChI is InChI=1S/C13H14F4N4/c1-21-8-19-20-12(21)4-5-18-7-9-2-3-10(14)6-11(9)13(15,16)17/h2-3,6,8,18H,4-5,7H2,1H3. The highest BCUT2D eigenvalue weighted by Gasteiger charge is 2.33. The Bertz CT molecular complexity index is 606. The topological polar surface area (TPSA) is 42.7 Å². The van der Waals surface area contributed by atoms with Gasteiger partial charge in [-0.2, -0.15) is 13.2 Å². The maximum absolute atomic E-state index is 13.0. The van der Waals surface area contributed by atoms with Gasteiger partial charge in [0.1, 0.15) is 18.0 Å². The van der Waals surface area contributed by atoms with Crippen LogP contribution in [0.4, 0.5) is 17.6 Å². The molecular weight excluding hydrogens is 288 g/mol. The molecule has 4 nitrogen and oxygen atoms in total. The molecule has 0 aliphatic heterocycles. The molecule has 1 aromatic heterocycles. The van der Waals surface area contributed by atoms with E-state index in [1.807, 2.05) is 0 Å². The van der Waals surface area contributed by atoms with Gasteiger partial charge < -0.3 is 9.88 Å². The Kier molecular flexibility index (Phi) is 4.56. The van der Waals surface area contributed by atoms with Gasteiger partial charge in [-0.15, -0.1) is 10.2 Å². The average Bonchev–Trinajstić information content (AvgIpc) is 2.80. The monoisotopic (exact) mass is 302 g/mol. The van der Waals surface area contributed by atoms with Crippen molar-refractivity contribution >= 4 is 0 Å². The minimum atomic E-state index is -4.57. The maximum atomic E-state index is 13.0. The molecule has 0 fully saturated rings. The van der Waals surface area contributed by atoms with Crippen LogP contribution in [0.3, 0.4) is 0 Å². The fraction of sp³-hybridized carbons (Fsp3) is 0.385. The molecule has 2 rings (SSSR count). The first kappa shape index (κ1) is 15.4. The molecule has 114 valence electrons. The lowest BCUT2D eigenvalue weighted by molar-refractivity contribution is -0.138. The molecule has 0 radical (unpaired) electrons. The summed E-state index contributed by atoms with van der Waals surface area (Å²) in [4.78, 5) is 0. The molecule has 8 heteroatoms. The van der Waals surface area contributed by atoms with E-state index in [0.717, 1.165) is 18.0 Å². The third kappa shape index (κ3) is 4.01. The molecular formula is C13H14F4N4. The maximum Gasteiger partial charge on any atom is 0.416 e. The average molecular weight is 302 g/mol. The van der Waals surface area contributed by atoms with Gasteiger partial charge in [0.25, 0.3) is 0 Å². The number of halogens is 4. The molecule has 1 heterocycles. The predicted molar refractivity (Wildman–Crippen MR) is 67.8 cm³/mol. The molecule has 0 atom stereocenters. The summed E-state index contributed by atoms with van der Waals surface area (Å²) in [5.74, 6) is -0.164. The van der Waals surface area contributed by atoms with Crippen molar-refractivity contribution in [3.05, 3.63) is 47.3 Å². The minimum Gasteiger partial charge on any atom is -0.321 e. The highest BCUT2D eigenvalue weighted by Crippen LogP contribution is 2.32. The number of benzene rings is 1. The van der Waals surface area contributed by atoms with Crippen molar-refractivity contribution < 1.29 is 17.6 Å². The fourth-order valence-electron chi connectivity index (χ4n) is 1.92. The zero-order chi connectivity index (χ0) is 15.5. The number of nitrogens with one attached hydrogen (secondary N) is 1. The summed E-state index contributed by atoms with van der Waals surface area (Å²) < 4.78 is 53.1. The number of nitrogens with zero attached hydrogens (tertiary/aromatic N) is 3. The van der Waals surface area contributed by atoms with Crippen molar-refractivity contribution in [3.8, 4) is 0 Å². The zero-order valence-corrected chi connectivity index (χ0v) is 11.3. The number of hydrogen-bond acceptors (Lipinski definition) is 3. The first-order valence-electron chi connectivity index (χ1n) is 6.27. The van der Waals surface area contributed by atoms with E-state index >= 15 is 0 Å². The third-order valence-corrected chi connectivity index (χ3v) is 3.02. The molecule has 2 aromatic rings. The summed E-state index contributed by atoms with van der Waals surface area (Å²) in [6.45, 7) is 0.453. The van der Waals surface area contributed by atoms with Gasteiger partial charge in [0, 0.05) is 26.6 Å². The Morgan fingerprint density at radius 2 is 2.05 bits per heavy atom. The van der Waals surface area contributed by atoms with Crippen molar-refractivity contribution in [3.63, 3.8) is 0 Å². The lowest BCUT2D eigenvalue weighted by atomic mass is 10.1. The Balaban J connectivity index is 1.96. The van der Waals surface area contributed by atoms with Crippen LogP contribution in [-0.4, -0.2) is 21.3 Å². The summed E-state index contributed by atoms with van der Waals surface area (Å²) in [5, 5.41) is 10.5. The van der Waals surface area contributed by atoms with Crippen LogP contribution in [0.2, 0.25) is 0 Å². The number of alkyl halides is 3. The second-order valence-corrected chi connectivity index (χ2v) is 4.58. The second-order valence-electron chi connectivity index (χ2n) is 4.58. The smallest absolute Gasteiger partial charge is 0.321 e. The van der Waals surface area contributed by atoms with Crippen molar-refractivity contribution in [2.75, 3.05) is 6.54 Å². The van der Waals surface area contributed by atoms with Gasteiger partial charge in [-0.1, -0.05) is 6.07 Å². The van der Waals surface area contributed by atoms with Crippen LogP contribution in [0.25, 0.3) is 0 Å². The summed E-state index contributed by atoms with van der Waals surface area (Å²) in [6.07, 6.45) is -2.47. The molecule has 1 aromatic carbocycles. The molecule has 0 amide bonds. The lowest BCUT2D eigenvalue weighted by Crippen LogP contribution is -2.21. The molecule has 0 saturated carbocycles. The molecule has 0 spiro atoms. The highest BCUT2D eigenvalue weighted by atomic mass is 19.4. The van der Waals surface area contributed by atoms with Gasteiger partial charge in [0.05, 0.1) is 5.56 Å². The summed E-state index contributed by atoms with van der Waals surface area (Å²) in [5.41, 5.74) is -0.935. The van der Waals surface area contributed by atoms with E-state index in [4.69, 9.17) is 0 Å². The van der Waals surface area contributed by atoms with Crippen molar-refractivity contribution in [2.24, 2.45) is 7.05 Å². The number of aromatic nitrogens is 3. The highest BCUT2D eigenvalue weighted by molar-refractivity contribution is 5.30. The van der Waals surface area contributed by atoms with Crippen LogP contribution in [0.1, 0.15) is 17.0 Å². The Labute approximate surface area is 118 Å². The van der Waals surface area contributed by atoms with Crippen molar-refractivity contribution in [1.29, 1.82) is 0 Å². The summed E-state index contributed by atoms with van der Waals surface area (Å²) in [7, 11) is 1.79. The molecule has 0 unspecified atom stereocenters. The summed E-state index contributed by atoms with van der Waals surface area (Å²) >= 11 is 0. The Morgan fingerprint density at radius 1 is 1.29 bits per heavy atom. The van der Waals surface area contributed by atoms with Gasteiger partial charge in [0.2, 0.25) is 0 Å². The molecule has 0 aliphatic carbocycles. The van der Waals surface area contributed by atoms with E-state index in [9.17, 15) is 17.6 Å². The van der Waals surface area contributed by atoms with Crippen LogP contribution in [-0.2, 0) is 26.2 Å². The Morgan fingerprint density at radius 3 is 2.67 bits per heavy atom. The van der Waals surface area contributed by atoms with E-state index in [-0.39, 0.29) is 12.1 Å². The quantitative estimate of drug-likeness (QED) is 0.681. The van der Waals surface area contributed by atoms with Gasteiger partial charge in [-0.05, 0) is 17.7 Å². The van der Waals surface area contributed by atoms with Gasteiger partial charge >= 0.3 is 6.18 Å². The lowest BCUT2D eigenvalue weighted by Gasteiger charge is -2.13. The number of aryl methyl sites for hydroxylation is 1. The number of rotatable bonds is 5. The van der Waals surface area contributed by atoms with Gasteiger partial charge in [0.15, 0.2) is 0 Å². The minimum absolute atomic E-state index is 0.00692. The molecule has 0 bridgehead atoms. The predicted octanol–water partition coefficient (Wildman–Crippen LogP) is 2.31. The van der Waals surface area contributed by atoms with Gasteiger partial charge in [-0.25, -0.2) is 4.39 Å². The fourth-order valence-corrected chi connectivity index (χ4v) is 1.92. The van der Waals surface area contributed by atoms with Crippen molar-refractivity contribution in [2.45, 2.75) is 19.1 Å². The molecule has 0 saturated heterocycles. The van der Waals surface area contributed by atoms with E-state index in [1.54, 1.807) is 17.9 Å². The van der Waals surface area contributed by atoms with E-state index in [1.165, 1.54) is 0 Å². The molecule has 0 aliphatic rings. The first-order chi connectivity index (χ1) is 9.88. The van der Waals surface area contributed by atoms with E-state index in [0.29, 0.717) is 19.0 Å². The third-order valence-electron chi connectivity index (χ3n) is 3.02. The second kappa shape index (κ2) is 6.21.